The van der Waals surface area contributed by atoms with E-state index in [1.54, 1.807) is 11.3 Å². The lowest BCUT2D eigenvalue weighted by Crippen LogP contribution is -2.25. The second-order valence-corrected chi connectivity index (χ2v) is 6.40. The van der Waals surface area contributed by atoms with Crippen LogP contribution in [0.1, 0.15) is 11.1 Å². The molecule has 0 saturated carbocycles. The van der Waals surface area contributed by atoms with Crippen LogP contribution in [-0.2, 0) is 12.8 Å². The van der Waals surface area contributed by atoms with Gasteiger partial charge in [-0.3, -0.25) is 0 Å². The normalized spacial score (nSPS) is 12.7. The fourth-order valence-corrected chi connectivity index (χ4v) is 3.70. The molecule has 0 amide bonds. The molecular formula is C17H16ClNS. The van der Waals surface area contributed by atoms with E-state index in [1.165, 1.54) is 21.2 Å². The topological polar surface area (TPSA) is 26.0 Å². The van der Waals surface area contributed by atoms with Gasteiger partial charge in [-0.15, -0.1) is 11.3 Å². The zero-order chi connectivity index (χ0) is 13.9. The van der Waals surface area contributed by atoms with Gasteiger partial charge in [-0.05, 0) is 52.9 Å². The summed E-state index contributed by atoms with van der Waals surface area (Å²) in [4.78, 5) is 0. The van der Waals surface area contributed by atoms with Crippen LogP contribution >= 0.6 is 22.9 Å². The smallest absolute Gasteiger partial charge is 0.0408 e. The van der Waals surface area contributed by atoms with Gasteiger partial charge in [0, 0.05) is 15.8 Å². The molecule has 3 aromatic rings. The number of hydrogen-bond donors (Lipinski definition) is 1. The molecule has 3 rings (SSSR count). The van der Waals surface area contributed by atoms with Crippen LogP contribution in [0.4, 0.5) is 0 Å². The van der Waals surface area contributed by atoms with Gasteiger partial charge in [-0.1, -0.05) is 41.9 Å². The summed E-state index contributed by atoms with van der Waals surface area (Å²) in [6, 6.07) is 16.6. The van der Waals surface area contributed by atoms with Crippen LogP contribution in [-0.4, -0.2) is 6.04 Å². The third-order valence-corrected chi connectivity index (χ3v) is 4.68. The third kappa shape index (κ3) is 3.04. The molecule has 0 aliphatic heterocycles. The highest BCUT2D eigenvalue weighted by Crippen LogP contribution is 2.26. The fraction of sp³-hybridized carbons (Fsp3) is 0.176. The van der Waals surface area contributed by atoms with Crippen molar-refractivity contribution in [1.29, 1.82) is 0 Å². The second kappa shape index (κ2) is 5.96. The van der Waals surface area contributed by atoms with Crippen LogP contribution in [0.15, 0.2) is 53.9 Å². The van der Waals surface area contributed by atoms with E-state index in [-0.39, 0.29) is 6.04 Å². The number of nitrogens with two attached hydrogens (primary N) is 1. The van der Waals surface area contributed by atoms with Crippen LogP contribution in [0, 0.1) is 0 Å². The van der Waals surface area contributed by atoms with Gasteiger partial charge in [0.1, 0.15) is 0 Å². The van der Waals surface area contributed by atoms with Gasteiger partial charge in [-0.2, -0.15) is 0 Å². The quantitative estimate of drug-likeness (QED) is 0.745. The van der Waals surface area contributed by atoms with Crippen LogP contribution < -0.4 is 5.73 Å². The number of rotatable bonds is 4. The Labute approximate surface area is 128 Å². The van der Waals surface area contributed by atoms with Gasteiger partial charge in [-0.25, -0.2) is 0 Å². The van der Waals surface area contributed by atoms with Gasteiger partial charge in [0.05, 0.1) is 0 Å². The SMILES string of the molecule is NC(Cc1cccc(Cl)c1)Cc1csc2ccccc12. The van der Waals surface area contributed by atoms with Gasteiger partial charge >= 0.3 is 0 Å². The molecule has 0 radical (unpaired) electrons. The lowest BCUT2D eigenvalue weighted by Gasteiger charge is -2.11. The molecule has 0 aliphatic carbocycles. The van der Waals surface area contributed by atoms with E-state index in [0.29, 0.717) is 0 Å². The highest BCUT2D eigenvalue weighted by molar-refractivity contribution is 7.17. The summed E-state index contributed by atoms with van der Waals surface area (Å²) in [5.41, 5.74) is 8.85. The zero-order valence-corrected chi connectivity index (χ0v) is 12.6. The Hall–Kier alpha value is -1.35. The van der Waals surface area contributed by atoms with Crippen LogP contribution in [0.5, 0.6) is 0 Å². The van der Waals surface area contributed by atoms with E-state index in [4.69, 9.17) is 17.3 Å². The molecule has 0 bridgehead atoms. The first-order chi connectivity index (χ1) is 9.72. The number of thiophene rings is 1. The molecule has 0 aliphatic rings. The molecule has 1 aromatic heterocycles. The molecule has 1 atom stereocenters. The number of benzene rings is 2. The summed E-state index contributed by atoms with van der Waals surface area (Å²) in [7, 11) is 0. The van der Waals surface area contributed by atoms with Crippen molar-refractivity contribution in [2.45, 2.75) is 18.9 Å². The van der Waals surface area contributed by atoms with Crippen molar-refractivity contribution in [2.24, 2.45) is 5.73 Å². The Balaban J connectivity index is 1.74. The van der Waals surface area contributed by atoms with Crippen LogP contribution in [0.2, 0.25) is 5.02 Å². The maximum Gasteiger partial charge on any atom is 0.0408 e. The Morgan fingerprint density at radius 3 is 2.75 bits per heavy atom. The van der Waals surface area contributed by atoms with Gasteiger partial charge in [0.15, 0.2) is 0 Å². The van der Waals surface area contributed by atoms with E-state index in [9.17, 15) is 0 Å². The Kier molecular flexibility index (Phi) is 4.06. The van der Waals surface area contributed by atoms with Crippen molar-refractivity contribution < 1.29 is 0 Å². The largest absolute Gasteiger partial charge is 0.327 e. The summed E-state index contributed by atoms with van der Waals surface area (Å²) >= 11 is 7.80. The van der Waals surface area contributed by atoms with Crippen molar-refractivity contribution in [3.63, 3.8) is 0 Å². The second-order valence-electron chi connectivity index (χ2n) is 5.06. The van der Waals surface area contributed by atoms with E-state index >= 15 is 0 Å². The van der Waals surface area contributed by atoms with Crippen LogP contribution in [0.25, 0.3) is 10.1 Å². The standard InChI is InChI=1S/C17H16ClNS/c18-14-5-3-4-12(8-14)9-15(19)10-13-11-20-17-7-2-1-6-16(13)17/h1-8,11,15H,9-10,19H2. The first-order valence-corrected chi connectivity index (χ1v) is 7.93. The molecule has 102 valence electrons. The summed E-state index contributed by atoms with van der Waals surface area (Å²) in [5.74, 6) is 0. The molecule has 0 fully saturated rings. The van der Waals surface area contributed by atoms with Crippen molar-refractivity contribution in [1.82, 2.24) is 0 Å². The van der Waals surface area contributed by atoms with Crippen molar-refractivity contribution in [3.05, 3.63) is 70.1 Å². The Morgan fingerprint density at radius 2 is 1.90 bits per heavy atom. The van der Waals surface area contributed by atoms with Crippen molar-refractivity contribution in [2.75, 3.05) is 0 Å². The molecule has 2 N–H and O–H groups in total. The lowest BCUT2D eigenvalue weighted by atomic mass is 9.99. The van der Waals surface area contributed by atoms with Gasteiger partial charge in [0.2, 0.25) is 0 Å². The predicted octanol–water partition coefficient (Wildman–Crippen LogP) is 4.67. The van der Waals surface area contributed by atoms with Gasteiger partial charge < -0.3 is 5.73 Å². The lowest BCUT2D eigenvalue weighted by molar-refractivity contribution is 0.668. The summed E-state index contributed by atoms with van der Waals surface area (Å²) in [6.45, 7) is 0. The number of fused-ring (bicyclic) bond motifs is 1. The Morgan fingerprint density at radius 1 is 1.05 bits per heavy atom. The highest BCUT2D eigenvalue weighted by atomic mass is 35.5. The maximum atomic E-state index is 6.30. The minimum Gasteiger partial charge on any atom is -0.327 e. The Bertz CT molecular complexity index is 720. The molecule has 1 nitrogen and oxygen atoms in total. The van der Waals surface area contributed by atoms with E-state index in [1.807, 2.05) is 18.2 Å². The average molecular weight is 302 g/mol. The maximum absolute atomic E-state index is 6.30. The number of halogens is 1. The first kappa shape index (κ1) is 13.6. The highest BCUT2D eigenvalue weighted by Gasteiger charge is 2.09. The minimum atomic E-state index is 0.117. The molecule has 2 aromatic carbocycles. The van der Waals surface area contributed by atoms with E-state index in [2.05, 4.69) is 35.7 Å². The molecular weight excluding hydrogens is 286 g/mol. The van der Waals surface area contributed by atoms with Crippen molar-refractivity contribution in [3.8, 4) is 0 Å². The summed E-state index contributed by atoms with van der Waals surface area (Å²) in [6.07, 6.45) is 1.75. The molecule has 0 saturated heterocycles. The third-order valence-electron chi connectivity index (χ3n) is 3.43. The van der Waals surface area contributed by atoms with E-state index in [0.717, 1.165) is 17.9 Å². The monoisotopic (exact) mass is 301 g/mol. The molecule has 20 heavy (non-hydrogen) atoms. The molecule has 3 heteroatoms. The first-order valence-electron chi connectivity index (χ1n) is 6.67. The fourth-order valence-electron chi connectivity index (χ4n) is 2.51. The summed E-state index contributed by atoms with van der Waals surface area (Å²) in [5, 5.41) is 4.33. The van der Waals surface area contributed by atoms with Crippen molar-refractivity contribution >= 4 is 33.0 Å². The van der Waals surface area contributed by atoms with E-state index < -0.39 is 0 Å². The molecule has 0 spiro atoms. The summed E-state index contributed by atoms with van der Waals surface area (Å²) < 4.78 is 1.33. The number of hydrogen-bond acceptors (Lipinski definition) is 2. The average Bonchev–Trinajstić information content (AvgIpc) is 2.82. The predicted molar refractivity (Wildman–Crippen MR) is 88.7 cm³/mol. The molecule has 1 heterocycles. The van der Waals surface area contributed by atoms with Crippen LogP contribution in [0.3, 0.4) is 0 Å². The van der Waals surface area contributed by atoms with Gasteiger partial charge in [0.25, 0.3) is 0 Å². The minimum absolute atomic E-state index is 0.117. The zero-order valence-electron chi connectivity index (χ0n) is 11.1. The molecule has 1 unspecified atom stereocenters.